The van der Waals surface area contributed by atoms with Crippen molar-refractivity contribution in [2.45, 2.75) is 11.3 Å². The Morgan fingerprint density at radius 3 is 2.41 bits per heavy atom. The van der Waals surface area contributed by atoms with E-state index in [0.29, 0.717) is 13.0 Å². The minimum Gasteiger partial charge on any atom is -0.369 e. The van der Waals surface area contributed by atoms with E-state index in [9.17, 15) is 12.8 Å². The summed E-state index contributed by atoms with van der Waals surface area (Å²) in [6, 6.07) is 13.7. The lowest BCUT2D eigenvalue weighted by Crippen LogP contribution is -2.47. The number of anilines is 1. The lowest BCUT2D eigenvalue weighted by Gasteiger charge is -2.36. The van der Waals surface area contributed by atoms with E-state index in [1.165, 1.54) is 11.8 Å². The number of sulfonamides is 1. The molecule has 2 aromatic carbocycles. The predicted molar refractivity (Wildman–Crippen MR) is 106 cm³/mol. The van der Waals surface area contributed by atoms with Crippen LogP contribution in [0.3, 0.4) is 0 Å². The largest absolute Gasteiger partial charge is 0.369 e. The molecule has 1 heterocycles. The van der Waals surface area contributed by atoms with Gasteiger partial charge in [0.15, 0.2) is 0 Å². The highest BCUT2D eigenvalue weighted by atomic mass is 35.5. The molecule has 1 aliphatic rings. The summed E-state index contributed by atoms with van der Waals surface area (Å²) in [6.45, 7) is 4.99. The van der Waals surface area contributed by atoms with Crippen molar-refractivity contribution in [3.8, 4) is 0 Å². The van der Waals surface area contributed by atoms with E-state index in [-0.39, 0.29) is 9.92 Å². The first kappa shape index (κ1) is 20.1. The van der Waals surface area contributed by atoms with Gasteiger partial charge in [0.05, 0.1) is 9.92 Å². The van der Waals surface area contributed by atoms with Crippen LogP contribution in [0.2, 0.25) is 5.02 Å². The standard InChI is InChI=1S/C19H23ClFN3O2S/c20-18-15-17(7-8-19(18)21)27(25,26)22-9-4-10-23-11-13-24(14-12-23)16-5-2-1-3-6-16/h1-3,5-8,15,22H,4,9-14H2. The normalized spacial score (nSPS) is 15.9. The van der Waals surface area contributed by atoms with Crippen molar-refractivity contribution in [1.29, 1.82) is 0 Å². The molecule has 1 fully saturated rings. The van der Waals surface area contributed by atoms with Crippen LogP contribution in [0.5, 0.6) is 0 Å². The van der Waals surface area contributed by atoms with Crippen LogP contribution in [0.4, 0.5) is 10.1 Å². The zero-order valence-corrected chi connectivity index (χ0v) is 16.5. The van der Waals surface area contributed by atoms with Gasteiger partial charge in [-0.3, -0.25) is 4.90 Å². The van der Waals surface area contributed by atoms with Gasteiger partial charge in [0.25, 0.3) is 0 Å². The first-order chi connectivity index (χ1) is 13.0. The Bertz CT molecular complexity index is 857. The molecule has 2 aromatic rings. The summed E-state index contributed by atoms with van der Waals surface area (Å²) in [5.41, 5.74) is 1.24. The summed E-state index contributed by atoms with van der Waals surface area (Å²) in [4.78, 5) is 4.67. The topological polar surface area (TPSA) is 52.7 Å². The van der Waals surface area contributed by atoms with Gasteiger partial charge in [-0.15, -0.1) is 0 Å². The lowest BCUT2D eigenvalue weighted by atomic mass is 10.2. The second-order valence-electron chi connectivity index (χ2n) is 6.49. The third kappa shape index (κ3) is 5.42. The van der Waals surface area contributed by atoms with Crippen LogP contribution in [-0.2, 0) is 10.0 Å². The summed E-state index contributed by atoms with van der Waals surface area (Å²) in [7, 11) is -3.68. The molecule has 0 unspecified atom stereocenters. The number of para-hydroxylation sites is 1. The van der Waals surface area contributed by atoms with Gasteiger partial charge in [-0.25, -0.2) is 17.5 Å². The molecular weight excluding hydrogens is 389 g/mol. The van der Waals surface area contributed by atoms with Crippen LogP contribution in [0, 0.1) is 5.82 Å². The zero-order chi connectivity index (χ0) is 19.3. The number of hydrogen-bond donors (Lipinski definition) is 1. The van der Waals surface area contributed by atoms with Gasteiger partial charge in [-0.05, 0) is 43.3 Å². The monoisotopic (exact) mass is 411 g/mol. The van der Waals surface area contributed by atoms with Crippen LogP contribution >= 0.6 is 11.6 Å². The molecule has 1 N–H and O–H groups in total. The number of benzene rings is 2. The fourth-order valence-electron chi connectivity index (χ4n) is 3.11. The molecule has 146 valence electrons. The van der Waals surface area contributed by atoms with Gasteiger partial charge >= 0.3 is 0 Å². The predicted octanol–water partition coefficient (Wildman–Crippen LogP) is 2.97. The van der Waals surface area contributed by atoms with E-state index >= 15 is 0 Å². The number of nitrogens with one attached hydrogen (secondary N) is 1. The summed E-state index contributed by atoms with van der Waals surface area (Å²) >= 11 is 5.66. The number of piperazine rings is 1. The van der Waals surface area contributed by atoms with Crippen molar-refractivity contribution in [2.24, 2.45) is 0 Å². The average molecular weight is 412 g/mol. The first-order valence-electron chi connectivity index (χ1n) is 8.93. The Hall–Kier alpha value is -1.67. The Morgan fingerprint density at radius 1 is 1.04 bits per heavy atom. The van der Waals surface area contributed by atoms with E-state index in [1.54, 1.807) is 0 Å². The highest BCUT2D eigenvalue weighted by Crippen LogP contribution is 2.19. The summed E-state index contributed by atoms with van der Waals surface area (Å²) in [6.07, 6.45) is 0.708. The van der Waals surface area contributed by atoms with Crippen LogP contribution in [0.15, 0.2) is 53.4 Å². The fraction of sp³-hybridized carbons (Fsp3) is 0.368. The highest BCUT2D eigenvalue weighted by Gasteiger charge is 2.18. The van der Waals surface area contributed by atoms with Crippen molar-refractivity contribution in [2.75, 3.05) is 44.2 Å². The molecule has 0 amide bonds. The molecular formula is C19H23ClFN3O2S. The van der Waals surface area contributed by atoms with Crippen molar-refractivity contribution < 1.29 is 12.8 Å². The SMILES string of the molecule is O=S(=O)(NCCCN1CCN(c2ccccc2)CC1)c1ccc(F)c(Cl)c1. The molecule has 27 heavy (non-hydrogen) atoms. The van der Waals surface area contributed by atoms with Gasteiger partial charge in [-0.1, -0.05) is 29.8 Å². The van der Waals surface area contributed by atoms with E-state index < -0.39 is 15.8 Å². The third-order valence-corrected chi connectivity index (χ3v) is 6.39. The number of rotatable bonds is 7. The van der Waals surface area contributed by atoms with Crippen molar-refractivity contribution in [3.05, 3.63) is 59.4 Å². The molecule has 5 nitrogen and oxygen atoms in total. The van der Waals surface area contributed by atoms with E-state index in [2.05, 4.69) is 26.7 Å². The molecule has 0 spiro atoms. The second-order valence-corrected chi connectivity index (χ2v) is 8.67. The summed E-state index contributed by atoms with van der Waals surface area (Å²) < 4.78 is 40.2. The fourth-order valence-corrected chi connectivity index (χ4v) is 4.45. The molecule has 0 aliphatic carbocycles. The molecule has 3 rings (SSSR count). The lowest BCUT2D eigenvalue weighted by molar-refractivity contribution is 0.255. The maximum absolute atomic E-state index is 13.2. The summed E-state index contributed by atoms with van der Waals surface area (Å²) in [5.74, 6) is -0.634. The van der Waals surface area contributed by atoms with E-state index in [4.69, 9.17) is 11.6 Å². The smallest absolute Gasteiger partial charge is 0.240 e. The van der Waals surface area contributed by atoms with Crippen molar-refractivity contribution in [3.63, 3.8) is 0 Å². The molecule has 1 aliphatic heterocycles. The Balaban J connectivity index is 1.41. The molecule has 0 radical (unpaired) electrons. The number of halogens is 2. The Morgan fingerprint density at radius 2 is 1.74 bits per heavy atom. The maximum Gasteiger partial charge on any atom is 0.240 e. The van der Waals surface area contributed by atoms with Crippen molar-refractivity contribution in [1.82, 2.24) is 9.62 Å². The minimum absolute atomic E-state index is 0.0228. The second kappa shape index (κ2) is 9.01. The number of hydrogen-bond acceptors (Lipinski definition) is 4. The van der Waals surface area contributed by atoms with E-state index in [1.807, 2.05) is 18.2 Å². The number of nitrogens with zero attached hydrogens (tertiary/aromatic N) is 2. The molecule has 8 heteroatoms. The van der Waals surface area contributed by atoms with Gasteiger partial charge < -0.3 is 4.90 Å². The third-order valence-electron chi connectivity index (χ3n) is 4.64. The van der Waals surface area contributed by atoms with Crippen LogP contribution in [0.1, 0.15) is 6.42 Å². The van der Waals surface area contributed by atoms with Crippen LogP contribution < -0.4 is 9.62 Å². The zero-order valence-electron chi connectivity index (χ0n) is 14.9. The minimum atomic E-state index is -3.68. The van der Waals surface area contributed by atoms with Gasteiger partial charge in [0.2, 0.25) is 10.0 Å². The molecule has 0 aromatic heterocycles. The van der Waals surface area contributed by atoms with Crippen LogP contribution in [-0.4, -0.2) is 52.6 Å². The highest BCUT2D eigenvalue weighted by molar-refractivity contribution is 7.89. The maximum atomic E-state index is 13.2. The van der Waals surface area contributed by atoms with Gasteiger partial charge in [-0.2, -0.15) is 0 Å². The molecule has 0 atom stereocenters. The molecule has 1 saturated heterocycles. The average Bonchev–Trinajstić information content (AvgIpc) is 2.68. The van der Waals surface area contributed by atoms with Gasteiger partial charge in [0, 0.05) is 38.4 Å². The molecule has 0 bridgehead atoms. The molecule has 0 saturated carbocycles. The summed E-state index contributed by atoms with van der Waals surface area (Å²) in [5, 5.41) is -0.200. The van der Waals surface area contributed by atoms with Gasteiger partial charge in [0.1, 0.15) is 5.82 Å². The Labute approximate surface area is 164 Å². The first-order valence-corrected chi connectivity index (χ1v) is 10.8. The van der Waals surface area contributed by atoms with E-state index in [0.717, 1.165) is 44.9 Å². The Kier molecular flexibility index (Phi) is 6.70. The quantitative estimate of drug-likeness (QED) is 0.712. The van der Waals surface area contributed by atoms with Crippen molar-refractivity contribution >= 4 is 27.3 Å². The van der Waals surface area contributed by atoms with Crippen LogP contribution in [0.25, 0.3) is 0 Å².